The molecule has 0 aliphatic carbocycles. The molecule has 1 aromatic carbocycles. The summed E-state index contributed by atoms with van der Waals surface area (Å²) >= 11 is 0. The summed E-state index contributed by atoms with van der Waals surface area (Å²) in [5.74, 6) is 1.31. The molecule has 1 atom stereocenters. The minimum absolute atomic E-state index is 0. The molecule has 0 spiro atoms. The van der Waals surface area contributed by atoms with Gasteiger partial charge in [-0.25, -0.2) is 4.99 Å². The zero-order valence-electron chi connectivity index (χ0n) is 18.7. The van der Waals surface area contributed by atoms with Gasteiger partial charge in [0.1, 0.15) is 0 Å². The first-order valence-corrected chi connectivity index (χ1v) is 11.4. The van der Waals surface area contributed by atoms with E-state index in [1.807, 2.05) is 0 Å². The van der Waals surface area contributed by atoms with Crippen molar-refractivity contribution in [2.75, 3.05) is 57.5 Å². The second-order valence-electron chi connectivity index (χ2n) is 8.11. The Morgan fingerprint density at radius 2 is 1.97 bits per heavy atom. The number of benzene rings is 1. The molecule has 0 aromatic heterocycles. The highest BCUT2D eigenvalue weighted by atomic mass is 127. The highest BCUT2D eigenvalue weighted by Crippen LogP contribution is 2.23. The van der Waals surface area contributed by atoms with Crippen molar-refractivity contribution in [2.24, 2.45) is 10.9 Å². The van der Waals surface area contributed by atoms with Crippen LogP contribution in [0.4, 0.5) is 5.69 Å². The van der Waals surface area contributed by atoms with Gasteiger partial charge >= 0.3 is 0 Å². The molecule has 3 rings (SSSR count). The number of ether oxygens (including phenoxy) is 2. The Labute approximate surface area is 204 Å². The third kappa shape index (κ3) is 9.11. The summed E-state index contributed by atoms with van der Waals surface area (Å²) in [6.07, 6.45) is 4.37. The lowest BCUT2D eigenvalue weighted by atomic mass is 9.97. The zero-order valence-corrected chi connectivity index (χ0v) is 21.1. The molecule has 2 aliphatic heterocycles. The number of rotatable bonds is 10. The number of aliphatic hydroxyl groups is 1. The zero-order chi connectivity index (χ0) is 21.0. The number of anilines is 1. The summed E-state index contributed by atoms with van der Waals surface area (Å²) in [5.41, 5.74) is 2.46. The third-order valence-electron chi connectivity index (χ3n) is 5.79. The molecule has 1 aromatic rings. The van der Waals surface area contributed by atoms with E-state index in [2.05, 4.69) is 46.7 Å². The van der Waals surface area contributed by atoms with Gasteiger partial charge in [0.15, 0.2) is 5.96 Å². The Balaban J connectivity index is 0.00000341. The molecule has 176 valence electrons. The number of nitrogens with one attached hydrogen (secondary N) is 2. The predicted octanol–water partition coefficient (Wildman–Crippen LogP) is 2.76. The largest absolute Gasteiger partial charge is 0.396 e. The summed E-state index contributed by atoms with van der Waals surface area (Å²) in [6, 6.07) is 8.71. The molecule has 0 radical (unpaired) electrons. The summed E-state index contributed by atoms with van der Waals surface area (Å²) in [7, 11) is 0. The van der Waals surface area contributed by atoms with Crippen molar-refractivity contribution in [2.45, 2.75) is 45.3 Å². The molecule has 0 saturated carbocycles. The van der Waals surface area contributed by atoms with Crippen molar-refractivity contribution in [3.8, 4) is 0 Å². The Morgan fingerprint density at radius 3 is 2.61 bits per heavy atom. The average molecular weight is 546 g/mol. The molecule has 3 N–H and O–H groups in total. The van der Waals surface area contributed by atoms with E-state index in [0.29, 0.717) is 19.1 Å². The second-order valence-corrected chi connectivity index (χ2v) is 8.11. The molecule has 0 amide bonds. The maximum atomic E-state index is 9.30. The van der Waals surface area contributed by atoms with Crippen LogP contribution in [0, 0.1) is 5.92 Å². The van der Waals surface area contributed by atoms with Gasteiger partial charge in [0, 0.05) is 51.7 Å². The summed E-state index contributed by atoms with van der Waals surface area (Å²) in [5, 5.41) is 16.0. The van der Waals surface area contributed by atoms with Crippen LogP contribution in [0.1, 0.15) is 38.2 Å². The molecule has 1 unspecified atom stereocenters. The molecule has 7 nitrogen and oxygen atoms in total. The quantitative estimate of drug-likeness (QED) is 0.181. The molecular weight excluding hydrogens is 507 g/mol. The van der Waals surface area contributed by atoms with Crippen LogP contribution in [0.5, 0.6) is 0 Å². The number of guanidine groups is 1. The second kappa shape index (κ2) is 14.9. The topological polar surface area (TPSA) is 78.4 Å². The number of piperidine rings is 1. The first kappa shape index (κ1) is 26.2. The average Bonchev–Trinajstić information content (AvgIpc) is 3.31. The van der Waals surface area contributed by atoms with Gasteiger partial charge in [0.25, 0.3) is 0 Å². The van der Waals surface area contributed by atoms with Crippen LogP contribution >= 0.6 is 24.0 Å². The number of hydrogen-bond donors (Lipinski definition) is 3. The van der Waals surface area contributed by atoms with Crippen LogP contribution in [0.25, 0.3) is 0 Å². The van der Waals surface area contributed by atoms with E-state index in [9.17, 15) is 5.11 Å². The standard InChI is InChI=1S/C23H38N4O3.HI/c1-2-24-23(25-11-3-14-30-22-10-15-29-18-22)26-16-19-4-6-21(7-5-19)27-12-8-20(17-28)9-13-27;/h4-7,20,22,28H,2-3,8-18H2,1H3,(H2,24,25,26);1H. The van der Waals surface area contributed by atoms with E-state index in [1.54, 1.807) is 0 Å². The molecule has 2 aliphatic rings. The highest BCUT2D eigenvalue weighted by Gasteiger charge is 2.18. The van der Waals surface area contributed by atoms with Gasteiger partial charge in [0.2, 0.25) is 0 Å². The Kier molecular flexibility index (Phi) is 12.5. The number of aliphatic imine (C=N–C) groups is 1. The van der Waals surface area contributed by atoms with E-state index < -0.39 is 0 Å². The van der Waals surface area contributed by atoms with Crippen LogP contribution in [-0.2, 0) is 16.0 Å². The lowest BCUT2D eigenvalue weighted by Gasteiger charge is -2.32. The Morgan fingerprint density at radius 1 is 1.19 bits per heavy atom. The van der Waals surface area contributed by atoms with E-state index in [1.165, 1.54) is 11.3 Å². The summed E-state index contributed by atoms with van der Waals surface area (Å²) in [4.78, 5) is 7.12. The van der Waals surface area contributed by atoms with Gasteiger partial charge in [-0.05, 0) is 56.2 Å². The number of hydrogen-bond acceptors (Lipinski definition) is 5. The van der Waals surface area contributed by atoms with Crippen LogP contribution < -0.4 is 15.5 Å². The monoisotopic (exact) mass is 546 g/mol. The lowest BCUT2D eigenvalue weighted by Crippen LogP contribution is -2.38. The van der Waals surface area contributed by atoms with E-state index >= 15 is 0 Å². The van der Waals surface area contributed by atoms with Gasteiger partial charge in [-0.15, -0.1) is 24.0 Å². The van der Waals surface area contributed by atoms with Crippen molar-refractivity contribution in [3.63, 3.8) is 0 Å². The van der Waals surface area contributed by atoms with Crippen molar-refractivity contribution < 1.29 is 14.6 Å². The SMILES string of the molecule is CCNC(=NCc1ccc(N2CCC(CO)CC2)cc1)NCCCOC1CCOC1.I. The molecule has 8 heteroatoms. The minimum atomic E-state index is 0. The van der Waals surface area contributed by atoms with Crippen molar-refractivity contribution >= 4 is 35.6 Å². The minimum Gasteiger partial charge on any atom is -0.396 e. The third-order valence-corrected chi connectivity index (χ3v) is 5.79. The number of halogens is 1. The van der Waals surface area contributed by atoms with Crippen LogP contribution in [0.15, 0.2) is 29.3 Å². The fourth-order valence-corrected chi connectivity index (χ4v) is 3.87. The predicted molar refractivity (Wildman–Crippen MR) is 136 cm³/mol. The van der Waals surface area contributed by atoms with Crippen molar-refractivity contribution in [3.05, 3.63) is 29.8 Å². The maximum absolute atomic E-state index is 9.30. The van der Waals surface area contributed by atoms with E-state index in [4.69, 9.17) is 14.5 Å². The van der Waals surface area contributed by atoms with Crippen molar-refractivity contribution in [1.82, 2.24) is 10.6 Å². The number of aliphatic hydroxyl groups excluding tert-OH is 1. The Hall–Kier alpha value is -1.10. The highest BCUT2D eigenvalue weighted by molar-refractivity contribution is 14.0. The number of nitrogens with zero attached hydrogens (tertiary/aromatic N) is 2. The van der Waals surface area contributed by atoms with E-state index in [0.717, 1.165) is 77.6 Å². The van der Waals surface area contributed by atoms with Gasteiger partial charge in [-0.1, -0.05) is 12.1 Å². The van der Waals surface area contributed by atoms with E-state index in [-0.39, 0.29) is 30.1 Å². The maximum Gasteiger partial charge on any atom is 0.191 e. The molecule has 31 heavy (non-hydrogen) atoms. The molecule has 2 saturated heterocycles. The molecular formula is C23H39IN4O3. The molecule has 2 heterocycles. The first-order chi connectivity index (χ1) is 14.8. The molecule has 2 fully saturated rings. The molecule has 0 bridgehead atoms. The summed E-state index contributed by atoms with van der Waals surface area (Å²) < 4.78 is 11.1. The fourth-order valence-electron chi connectivity index (χ4n) is 3.87. The fraction of sp³-hybridized carbons (Fsp3) is 0.696. The Bertz CT molecular complexity index is 630. The lowest BCUT2D eigenvalue weighted by molar-refractivity contribution is 0.0420. The summed E-state index contributed by atoms with van der Waals surface area (Å²) in [6.45, 7) is 9.07. The van der Waals surface area contributed by atoms with Gasteiger partial charge in [0.05, 0.1) is 19.3 Å². The van der Waals surface area contributed by atoms with Gasteiger partial charge < -0.3 is 30.1 Å². The van der Waals surface area contributed by atoms with Crippen LogP contribution in [0.2, 0.25) is 0 Å². The normalized spacial score (nSPS) is 19.9. The van der Waals surface area contributed by atoms with Crippen LogP contribution in [-0.4, -0.2) is 69.8 Å². The van der Waals surface area contributed by atoms with Gasteiger partial charge in [-0.3, -0.25) is 0 Å². The smallest absolute Gasteiger partial charge is 0.191 e. The van der Waals surface area contributed by atoms with Gasteiger partial charge in [-0.2, -0.15) is 0 Å². The first-order valence-electron chi connectivity index (χ1n) is 11.4. The van der Waals surface area contributed by atoms with Crippen LogP contribution in [0.3, 0.4) is 0 Å². The van der Waals surface area contributed by atoms with Crippen molar-refractivity contribution in [1.29, 1.82) is 0 Å².